The van der Waals surface area contributed by atoms with Gasteiger partial charge in [-0.15, -0.1) is 0 Å². The highest BCUT2D eigenvalue weighted by molar-refractivity contribution is 6.01. The van der Waals surface area contributed by atoms with Crippen LogP contribution in [-0.2, 0) is 9.59 Å². The van der Waals surface area contributed by atoms with Crippen molar-refractivity contribution in [3.63, 3.8) is 0 Å². The van der Waals surface area contributed by atoms with E-state index in [1.54, 1.807) is 0 Å². The summed E-state index contributed by atoms with van der Waals surface area (Å²) in [4.78, 5) is 28.1. The molecule has 152 valence electrons. The maximum Gasteiger partial charge on any atom is 0.292 e. The van der Waals surface area contributed by atoms with Crippen molar-refractivity contribution in [1.29, 1.82) is 0 Å². The number of amides is 2. The van der Waals surface area contributed by atoms with Crippen molar-refractivity contribution in [3.05, 3.63) is 11.5 Å². The van der Waals surface area contributed by atoms with E-state index in [0.717, 1.165) is 51.4 Å². The van der Waals surface area contributed by atoms with Crippen LogP contribution in [0.2, 0.25) is 0 Å². The number of hydrogen-bond donors (Lipinski definition) is 2. The molecule has 0 bridgehead atoms. The summed E-state index contributed by atoms with van der Waals surface area (Å²) in [5.41, 5.74) is 0. The van der Waals surface area contributed by atoms with Gasteiger partial charge in [-0.05, 0) is 25.7 Å². The number of carbonyl (C=O) groups excluding carboxylic acids is 2. The fraction of sp³-hybridized carbons (Fsp3) is 0.800. The van der Waals surface area contributed by atoms with Gasteiger partial charge in [0.1, 0.15) is 0 Å². The average molecular weight is 371 g/mol. The van der Waals surface area contributed by atoms with Gasteiger partial charge < -0.3 is 20.0 Å². The Hall–Kier alpha value is -1.72. The van der Waals surface area contributed by atoms with Crippen molar-refractivity contribution in [1.82, 2.24) is 9.80 Å². The maximum atomic E-state index is 12.5. The number of unbranched alkanes of at least 4 members (excludes halogenated alkanes) is 4. The smallest absolute Gasteiger partial charge is 0.292 e. The Bertz CT molecular complexity index is 393. The predicted octanol–water partition coefficient (Wildman–Crippen LogP) is 4.17. The molecular formula is C20H38N2O4. The monoisotopic (exact) mass is 370 g/mol. The molecule has 0 radical (unpaired) electrons. The minimum Gasteiger partial charge on any atom is -0.500 e. The molecule has 0 rings (SSSR count). The lowest BCUT2D eigenvalue weighted by molar-refractivity contribution is -0.134. The number of aliphatic hydroxyl groups is 2. The van der Waals surface area contributed by atoms with E-state index < -0.39 is 23.3 Å². The number of rotatable bonds is 14. The SMILES string of the molecule is CCCCN(CCCC)C(=O)/C(O)=C(\O)C(=O)N(CCCC)CCCC. The molecule has 0 aliphatic heterocycles. The van der Waals surface area contributed by atoms with Gasteiger partial charge in [0.2, 0.25) is 11.5 Å². The molecule has 2 amide bonds. The second-order valence-corrected chi connectivity index (χ2v) is 6.70. The van der Waals surface area contributed by atoms with Crippen LogP contribution in [-0.4, -0.2) is 58.0 Å². The first-order valence-corrected chi connectivity index (χ1v) is 10.1. The number of hydrogen-bond acceptors (Lipinski definition) is 4. The van der Waals surface area contributed by atoms with Crippen molar-refractivity contribution < 1.29 is 19.8 Å². The van der Waals surface area contributed by atoms with Gasteiger partial charge in [-0.2, -0.15) is 0 Å². The highest BCUT2D eigenvalue weighted by atomic mass is 16.3. The van der Waals surface area contributed by atoms with E-state index in [2.05, 4.69) is 0 Å². The summed E-state index contributed by atoms with van der Waals surface area (Å²) in [5.74, 6) is -2.99. The molecule has 0 aromatic heterocycles. The van der Waals surface area contributed by atoms with Gasteiger partial charge in [-0.3, -0.25) is 9.59 Å². The number of nitrogens with zero attached hydrogens (tertiary/aromatic N) is 2. The Morgan fingerprint density at radius 2 is 0.808 bits per heavy atom. The second kappa shape index (κ2) is 14.4. The van der Waals surface area contributed by atoms with E-state index in [9.17, 15) is 19.8 Å². The van der Waals surface area contributed by atoms with E-state index in [1.165, 1.54) is 9.80 Å². The van der Waals surface area contributed by atoms with Gasteiger partial charge in [0.05, 0.1) is 0 Å². The van der Waals surface area contributed by atoms with Crippen LogP contribution in [0, 0.1) is 0 Å². The number of carbonyl (C=O) groups is 2. The molecule has 0 aliphatic carbocycles. The molecule has 0 saturated heterocycles. The molecule has 0 fully saturated rings. The molecule has 0 aromatic rings. The van der Waals surface area contributed by atoms with Crippen LogP contribution < -0.4 is 0 Å². The zero-order chi connectivity index (χ0) is 19.9. The second-order valence-electron chi connectivity index (χ2n) is 6.70. The van der Waals surface area contributed by atoms with Crippen molar-refractivity contribution in [3.8, 4) is 0 Å². The molecule has 0 unspecified atom stereocenters. The normalized spacial score (nSPS) is 11.8. The van der Waals surface area contributed by atoms with Gasteiger partial charge in [0.25, 0.3) is 11.8 Å². The van der Waals surface area contributed by atoms with Gasteiger partial charge in [-0.1, -0.05) is 53.4 Å². The Morgan fingerprint density at radius 1 is 0.577 bits per heavy atom. The first kappa shape index (κ1) is 24.3. The van der Waals surface area contributed by atoms with Crippen molar-refractivity contribution in [2.75, 3.05) is 26.2 Å². The highest BCUT2D eigenvalue weighted by Crippen LogP contribution is 2.11. The number of aliphatic hydroxyl groups excluding tert-OH is 2. The third-order valence-corrected chi connectivity index (χ3v) is 4.33. The third kappa shape index (κ3) is 8.59. The molecule has 2 N–H and O–H groups in total. The summed E-state index contributed by atoms with van der Waals surface area (Å²) in [7, 11) is 0. The van der Waals surface area contributed by atoms with Gasteiger partial charge in [0.15, 0.2) is 0 Å². The third-order valence-electron chi connectivity index (χ3n) is 4.33. The lowest BCUT2D eigenvalue weighted by Crippen LogP contribution is -2.38. The van der Waals surface area contributed by atoms with Crippen LogP contribution in [0.5, 0.6) is 0 Å². The van der Waals surface area contributed by atoms with E-state index in [1.807, 2.05) is 27.7 Å². The quantitative estimate of drug-likeness (QED) is 0.355. The van der Waals surface area contributed by atoms with Crippen LogP contribution in [0.3, 0.4) is 0 Å². The van der Waals surface area contributed by atoms with E-state index in [0.29, 0.717) is 26.2 Å². The predicted molar refractivity (Wildman–Crippen MR) is 105 cm³/mol. The van der Waals surface area contributed by atoms with Crippen LogP contribution >= 0.6 is 0 Å². The standard InChI is InChI=1S/C20H38N2O4/c1-5-9-13-21(14-10-6-2)19(25)17(23)18(24)20(26)22(15-11-7-3)16-12-8-4/h23-24H,5-16H2,1-4H3/b18-17+. The fourth-order valence-corrected chi connectivity index (χ4v) is 2.53. The summed E-state index contributed by atoms with van der Waals surface area (Å²) in [6.07, 6.45) is 6.96. The lowest BCUT2D eigenvalue weighted by atomic mass is 10.2. The Kier molecular flexibility index (Phi) is 13.5. The minimum atomic E-state index is -0.833. The summed E-state index contributed by atoms with van der Waals surface area (Å²) in [6.45, 7) is 10.1. The first-order chi connectivity index (χ1) is 12.4. The molecule has 0 aromatic carbocycles. The molecule has 0 aliphatic rings. The van der Waals surface area contributed by atoms with E-state index >= 15 is 0 Å². The molecule has 0 atom stereocenters. The van der Waals surface area contributed by atoms with Gasteiger partial charge in [0, 0.05) is 26.2 Å². The molecule has 6 nitrogen and oxygen atoms in total. The topological polar surface area (TPSA) is 81.1 Å². The summed E-state index contributed by atoms with van der Waals surface area (Å²) in [6, 6.07) is 0. The molecule has 26 heavy (non-hydrogen) atoms. The summed E-state index contributed by atoms with van der Waals surface area (Å²) in [5, 5.41) is 20.4. The molecule has 0 spiro atoms. The lowest BCUT2D eigenvalue weighted by Gasteiger charge is -2.24. The van der Waals surface area contributed by atoms with Crippen molar-refractivity contribution in [2.24, 2.45) is 0 Å². The van der Waals surface area contributed by atoms with Crippen LogP contribution in [0.25, 0.3) is 0 Å². The molecule has 0 saturated carbocycles. The summed E-state index contributed by atoms with van der Waals surface area (Å²) >= 11 is 0. The largest absolute Gasteiger partial charge is 0.500 e. The van der Waals surface area contributed by atoms with Crippen LogP contribution in [0.15, 0.2) is 11.5 Å². The Morgan fingerprint density at radius 3 is 1.00 bits per heavy atom. The molecule has 6 heteroatoms. The first-order valence-electron chi connectivity index (χ1n) is 10.1. The van der Waals surface area contributed by atoms with E-state index in [-0.39, 0.29) is 0 Å². The molecule has 0 heterocycles. The van der Waals surface area contributed by atoms with Crippen molar-refractivity contribution in [2.45, 2.75) is 79.1 Å². The molecular weight excluding hydrogens is 332 g/mol. The summed E-state index contributed by atoms with van der Waals surface area (Å²) < 4.78 is 0. The van der Waals surface area contributed by atoms with Crippen molar-refractivity contribution >= 4 is 11.8 Å². The fourth-order valence-electron chi connectivity index (χ4n) is 2.53. The Labute approximate surface area is 158 Å². The van der Waals surface area contributed by atoms with Crippen LogP contribution in [0.1, 0.15) is 79.1 Å². The maximum absolute atomic E-state index is 12.5. The zero-order valence-electron chi connectivity index (χ0n) is 17.1. The average Bonchev–Trinajstić information content (AvgIpc) is 2.66. The van der Waals surface area contributed by atoms with Gasteiger partial charge in [-0.25, -0.2) is 0 Å². The minimum absolute atomic E-state index is 0.510. The van der Waals surface area contributed by atoms with Gasteiger partial charge >= 0.3 is 0 Å². The Balaban J connectivity index is 5.27. The highest BCUT2D eigenvalue weighted by Gasteiger charge is 2.27. The van der Waals surface area contributed by atoms with Crippen LogP contribution in [0.4, 0.5) is 0 Å². The van der Waals surface area contributed by atoms with E-state index in [4.69, 9.17) is 0 Å². The zero-order valence-corrected chi connectivity index (χ0v) is 17.1.